The van der Waals surface area contributed by atoms with Gasteiger partial charge >= 0.3 is 0 Å². The molecule has 0 fully saturated rings. The lowest BCUT2D eigenvalue weighted by molar-refractivity contribution is 0.317. The number of hydrogen-bond donors (Lipinski definition) is 1. The second kappa shape index (κ2) is 7.27. The van der Waals surface area contributed by atoms with E-state index in [2.05, 4.69) is 0 Å². The number of aromatic hydroxyl groups is 1. The summed E-state index contributed by atoms with van der Waals surface area (Å²) >= 11 is 1.98. The van der Waals surface area contributed by atoms with Gasteiger partial charge in [-0.1, -0.05) is 18.2 Å². The van der Waals surface area contributed by atoms with Crippen LogP contribution in [0, 0.1) is 20.7 Å². The second-order valence-corrected chi connectivity index (χ2v) is 5.59. The number of phenols is 1. The normalized spacial score (nSPS) is 11.1. The van der Waals surface area contributed by atoms with Crippen molar-refractivity contribution in [3.05, 3.63) is 56.9 Å². The molecule has 0 heterocycles. The Morgan fingerprint density at radius 1 is 1.41 bits per heavy atom. The van der Waals surface area contributed by atoms with Gasteiger partial charge in [-0.15, -0.1) is 0 Å². The molecule has 0 spiro atoms. The number of allylic oxidation sites excluding steroid dienone is 1. The highest BCUT2D eigenvalue weighted by Crippen LogP contribution is 2.34. The number of nitrogens with zero attached hydrogens (tertiary/aromatic N) is 1. The van der Waals surface area contributed by atoms with Crippen LogP contribution in [0.25, 0.3) is 11.6 Å². The smallest absolute Gasteiger partial charge is 0.171 e. The topological polar surface area (TPSA) is 53.2 Å². The zero-order valence-corrected chi connectivity index (χ0v) is 14.0. The van der Waals surface area contributed by atoms with Gasteiger partial charge in [0.05, 0.1) is 21.8 Å². The molecule has 0 unspecified atom stereocenters. The zero-order valence-electron chi connectivity index (χ0n) is 11.8. The average molecular weight is 409 g/mol. The number of hydrogen-bond acceptors (Lipinski definition) is 3. The fourth-order valence-electron chi connectivity index (χ4n) is 1.96. The van der Waals surface area contributed by atoms with Crippen LogP contribution in [-0.2, 0) is 0 Å². The predicted octanol–water partition coefficient (Wildman–Crippen LogP) is 4.60. The Morgan fingerprint density at radius 2 is 2.14 bits per heavy atom. The van der Waals surface area contributed by atoms with E-state index in [0.717, 1.165) is 0 Å². The number of ether oxygens (including phenoxy) is 1. The van der Waals surface area contributed by atoms with Crippen LogP contribution in [0.3, 0.4) is 0 Å². The van der Waals surface area contributed by atoms with Crippen LogP contribution in [0.5, 0.6) is 11.5 Å². The molecule has 0 saturated heterocycles. The highest BCUT2D eigenvalue weighted by Gasteiger charge is 2.11. The van der Waals surface area contributed by atoms with Crippen molar-refractivity contribution < 1.29 is 14.2 Å². The van der Waals surface area contributed by atoms with Gasteiger partial charge in [0.15, 0.2) is 11.5 Å². The second-order valence-electron chi connectivity index (χ2n) is 4.43. The summed E-state index contributed by atoms with van der Waals surface area (Å²) in [5, 5.41) is 19.2. The van der Waals surface area contributed by atoms with Gasteiger partial charge in [0, 0.05) is 5.56 Å². The van der Waals surface area contributed by atoms with Crippen LogP contribution in [0.1, 0.15) is 18.1 Å². The Morgan fingerprint density at radius 3 is 2.77 bits per heavy atom. The van der Waals surface area contributed by atoms with Crippen LogP contribution in [0.15, 0.2) is 36.4 Å². The number of phenolic OH excluding ortho intramolecular Hbond substituents is 1. The molecular weight excluding hydrogens is 396 g/mol. The van der Waals surface area contributed by atoms with Crippen molar-refractivity contribution in [2.45, 2.75) is 6.92 Å². The molecule has 0 aliphatic rings. The third kappa shape index (κ3) is 3.57. The fraction of sp³-hybridized carbons (Fsp3) is 0.118. The van der Waals surface area contributed by atoms with E-state index in [9.17, 15) is 14.8 Å². The molecular formula is C17H13FINO2. The summed E-state index contributed by atoms with van der Waals surface area (Å²) < 4.78 is 19.8. The summed E-state index contributed by atoms with van der Waals surface area (Å²) in [6.07, 6.45) is 1.57. The summed E-state index contributed by atoms with van der Waals surface area (Å²) in [5.74, 6) is -0.0516. The Bertz CT molecular complexity index is 766. The molecule has 0 atom stereocenters. The number of rotatable bonds is 4. The van der Waals surface area contributed by atoms with Crippen molar-refractivity contribution in [3.63, 3.8) is 0 Å². The maximum Gasteiger partial charge on any atom is 0.171 e. The Balaban J connectivity index is 2.51. The third-order valence-electron chi connectivity index (χ3n) is 2.95. The molecule has 0 saturated carbocycles. The van der Waals surface area contributed by atoms with E-state index in [4.69, 9.17) is 4.74 Å². The van der Waals surface area contributed by atoms with Crippen LogP contribution in [0.4, 0.5) is 4.39 Å². The molecule has 2 aromatic rings. The largest absolute Gasteiger partial charge is 0.504 e. The minimum absolute atomic E-state index is 0.0593. The van der Waals surface area contributed by atoms with E-state index < -0.39 is 5.82 Å². The van der Waals surface area contributed by atoms with Crippen LogP contribution in [-0.4, -0.2) is 11.7 Å². The molecule has 0 aliphatic carbocycles. The molecule has 5 heteroatoms. The minimum Gasteiger partial charge on any atom is -0.504 e. The van der Waals surface area contributed by atoms with E-state index >= 15 is 0 Å². The molecule has 0 radical (unpaired) electrons. The molecule has 2 rings (SSSR count). The maximum absolute atomic E-state index is 13.8. The first-order valence-corrected chi connectivity index (χ1v) is 7.66. The van der Waals surface area contributed by atoms with Crippen LogP contribution in [0.2, 0.25) is 0 Å². The van der Waals surface area contributed by atoms with Gasteiger partial charge in [0.25, 0.3) is 0 Å². The van der Waals surface area contributed by atoms with Gasteiger partial charge in [0.2, 0.25) is 0 Å². The lowest BCUT2D eigenvalue weighted by Gasteiger charge is -2.09. The lowest BCUT2D eigenvalue weighted by Crippen LogP contribution is -1.94. The minimum atomic E-state index is -0.450. The van der Waals surface area contributed by atoms with Crippen molar-refractivity contribution in [1.29, 1.82) is 5.26 Å². The van der Waals surface area contributed by atoms with Gasteiger partial charge in [-0.05, 0) is 59.4 Å². The highest BCUT2D eigenvalue weighted by molar-refractivity contribution is 14.1. The Hall–Kier alpha value is -2.07. The Kier molecular flexibility index (Phi) is 5.39. The maximum atomic E-state index is 13.8. The van der Waals surface area contributed by atoms with Crippen molar-refractivity contribution >= 4 is 34.2 Å². The molecule has 3 nitrogen and oxygen atoms in total. The Labute approximate surface area is 141 Å². The van der Waals surface area contributed by atoms with Gasteiger partial charge in [-0.3, -0.25) is 0 Å². The van der Waals surface area contributed by atoms with Crippen molar-refractivity contribution in [3.8, 4) is 17.6 Å². The third-order valence-corrected chi connectivity index (χ3v) is 3.77. The summed E-state index contributed by atoms with van der Waals surface area (Å²) in [6.45, 7) is 2.23. The zero-order chi connectivity index (χ0) is 16.1. The number of benzene rings is 2. The molecule has 2 aromatic carbocycles. The van der Waals surface area contributed by atoms with Crippen molar-refractivity contribution in [1.82, 2.24) is 0 Å². The van der Waals surface area contributed by atoms with Gasteiger partial charge in [-0.25, -0.2) is 4.39 Å². The molecule has 1 N–H and O–H groups in total. The SMILES string of the molecule is CCOc1cc(/C=C(/C#N)c2ccccc2F)cc(I)c1O. The summed E-state index contributed by atoms with van der Waals surface area (Å²) in [5.41, 5.74) is 1.11. The van der Waals surface area contributed by atoms with Gasteiger partial charge in [0.1, 0.15) is 5.82 Å². The number of halogens is 2. The van der Waals surface area contributed by atoms with Gasteiger partial charge in [-0.2, -0.15) is 5.26 Å². The van der Waals surface area contributed by atoms with Crippen LogP contribution >= 0.6 is 22.6 Å². The predicted molar refractivity (Wildman–Crippen MR) is 91.9 cm³/mol. The summed E-state index contributed by atoms with van der Waals surface area (Å²) in [4.78, 5) is 0. The quantitative estimate of drug-likeness (QED) is 0.456. The molecule has 112 valence electrons. The van der Waals surface area contributed by atoms with E-state index in [1.807, 2.05) is 35.6 Å². The van der Waals surface area contributed by atoms with Crippen LogP contribution < -0.4 is 4.74 Å². The van der Waals surface area contributed by atoms with E-state index in [-0.39, 0.29) is 16.9 Å². The monoisotopic (exact) mass is 409 g/mol. The first-order chi connectivity index (χ1) is 10.6. The van der Waals surface area contributed by atoms with E-state index in [1.54, 1.807) is 36.4 Å². The van der Waals surface area contributed by atoms with E-state index in [0.29, 0.717) is 21.5 Å². The molecule has 0 aliphatic heterocycles. The summed E-state index contributed by atoms with van der Waals surface area (Å²) in [6, 6.07) is 11.5. The van der Waals surface area contributed by atoms with Gasteiger partial charge < -0.3 is 9.84 Å². The molecule has 22 heavy (non-hydrogen) atoms. The van der Waals surface area contributed by atoms with E-state index in [1.165, 1.54) is 6.07 Å². The molecule has 0 aromatic heterocycles. The van der Waals surface area contributed by atoms with Crippen molar-refractivity contribution in [2.24, 2.45) is 0 Å². The fourth-order valence-corrected chi connectivity index (χ4v) is 2.58. The standard InChI is InChI=1S/C17H13FINO2/c1-2-22-16-9-11(8-15(19)17(16)21)7-12(10-20)13-5-3-4-6-14(13)18/h3-9,21H,2H2,1H3/b12-7-. The highest BCUT2D eigenvalue weighted by atomic mass is 127. The van der Waals surface area contributed by atoms with Crippen molar-refractivity contribution in [2.75, 3.05) is 6.61 Å². The summed E-state index contributed by atoms with van der Waals surface area (Å²) in [7, 11) is 0. The first kappa shape index (κ1) is 16.3. The molecule has 0 bridgehead atoms. The first-order valence-electron chi connectivity index (χ1n) is 6.58. The molecule has 0 amide bonds. The lowest BCUT2D eigenvalue weighted by atomic mass is 10.0. The average Bonchev–Trinajstić information content (AvgIpc) is 2.51. The number of nitriles is 1.